The highest BCUT2D eigenvalue weighted by atomic mass is 32.2. The first kappa shape index (κ1) is 19.3. The largest absolute Gasteiger partial charge is 0.491 e. The lowest BCUT2D eigenvalue weighted by Gasteiger charge is -2.11. The molecule has 0 aliphatic rings. The Kier molecular flexibility index (Phi) is 5.77. The van der Waals surface area contributed by atoms with Crippen LogP contribution in [-0.4, -0.2) is 30.6 Å². The van der Waals surface area contributed by atoms with Crippen molar-refractivity contribution in [3.8, 4) is 11.6 Å². The predicted molar refractivity (Wildman–Crippen MR) is 97.8 cm³/mol. The van der Waals surface area contributed by atoms with Gasteiger partial charge in [0.15, 0.2) is 0 Å². The van der Waals surface area contributed by atoms with Crippen molar-refractivity contribution in [2.45, 2.75) is 53.2 Å². The van der Waals surface area contributed by atoms with Gasteiger partial charge in [0.25, 0.3) is 5.88 Å². The highest BCUT2D eigenvalue weighted by molar-refractivity contribution is 7.86. The molecule has 7 heteroatoms. The minimum atomic E-state index is -3.64. The van der Waals surface area contributed by atoms with E-state index in [1.165, 1.54) is 0 Å². The predicted octanol–water partition coefficient (Wildman–Crippen LogP) is 3.49. The van der Waals surface area contributed by atoms with E-state index in [1.54, 1.807) is 4.68 Å². The topological polar surface area (TPSA) is 70.4 Å². The standard InChI is InChI=1S/C18H26N2O4S/c1-12(2)20-14(5)17(18(19-20)24-25(6,21)22)11-15-7-9-16(10-8-15)23-13(3)4/h7-10,12-13H,11H2,1-6H3. The van der Waals surface area contributed by atoms with Gasteiger partial charge in [-0.15, -0.1) is 5.10 Å². The Morgan fingerprint density at radius 1 is 1.12 bits per heavy atom. The van der Waals surface area contributed by atoms with Crippen LogP contribution in [0.1, 0.15) is 50.6 Å². The summed E-state index contributed by atoms with van der Waals surface area (Å²) in [5.41, 5.74) is 2.70. The van der Waals surface area contributed by atoms with Gasteiger partial charge in [0.2, 0.25) is 0 Å². The molecule has 138 valence electrons. The molecule has 0 amide bonds. The van der Waals surface area contributed by atoms with Gasteiger partial charge in [-0.05, 0) is 52.3 Å². The zero-order valence-electron chi connectivity index (χ0n) is 15.6. The van der Waals surface area contributed by atoms with Crippen LogP contribution in [0.4, 0.5) is 0 Å². The highest BCUT2D eigenvalue weighted by Crippen LogP contribution is 2.28. The van der Waals surface area contributed by atoms with Crippen molar-refractivity contribution in [1.82, 2.24) is 9.78 Å². The first-order valence-electron chi connectivity index (χ1n) is 8.30. The molecular weight excluding hydrogens is 340 g/mol. The molecule has 0 spiro atoms. The highest BCUT2D eigenvalue weighted by Gasteiger charge is 2.21. The summed E-state index contributed by atoms with van der Waals surface area (Å²) in [4.78, 5) is 0. The fraction of sp³-hybridized carbons (Fsp3) is 0.500. The third kappa shape index (κ3) is 5.22. The third-order valence-electron chi connectivity index (χ3n) is 3.63. The van der Waals surface area contributed by atoms with Crippen molar-refractivity contribution >= 4 is 10.1 Å². The molecule has 1 heterocycles. The molecule has 1 aromatic carbocycles. The molecule has 6 nitrogen and oxygen atoms in total. The monoisotopic (exact) mass is 366 g/mol. The summed E-state index contributed by atoms with van der Waals surface area (Å²) in [6, 6.07) is 7.86. The molecule has 25 heavy (non-hydrogen) atoms. The molecule has 0 N–H and O–H groups in total. The number of rotatable bonds is 7. The molecular formula is C18H26N2O4S. The average molecular weight is 366 g/mol. The number of aromatic nitrogens is 2. The summed E-state index contributed by atoms with van der Waals surface area (Å²) < 4.78 is 35.7. The van der Waals surface area contributed by atoms with E-state index in [4.69, 9.17) is 8.92 Å². The van der Waals surface area contributed by atoms with Gasteiger partial charge in [-0.1, -0.05) is 12.1 Å². The van der Waals surface area contributed by atoms with E-state index in [2.05, 4.69) is 5.10 Å². The van der Waals surface area contributed by atoms with E-state index in [0.29, 0.717) is 6.42 Å². The summed E-state index contributed by atoms with van der Waals surface area (Å²) in [6.07, 6.45) is 1.68. The Labute approximate surface area is 149 Å². The van der Waals surface area contributed by atoms with Crippen LogP contribution in [-0.2, 0) is 16.5 Å². The molecule has 0 bridgehead atoms. The van der Waals surface area contributed by atoms with Crippen LogP contribution < -0.4 is 8.92 Å². The van der Waals surface area contributed by atoms with Crippen molar-refractivity contribution in [1.29, 1.82) is 0 Å². The summed E-state index contributed by atoms with van der Waals surface area (Å²) in [6.45, 7) is 9.87. The second kappa shape index (κ2) is 7.47. The van der Waals surface area contributed by atoms with Gasteiger partial charge in [-0.25, -0.2) is 0 Å². The van der Waals surface area contributed by atoms with Gasteiger partial charge in [-0.2, -0.15) is 8.42 Å². The van der Waals surface area contributed by atoms with E-state index in [0.717, 1.165) is 28.8 Å². The quantitative estimate of drug-likeness (QED) is 0.702. The third-order valence-corrected chi connectivity index (χ3v) is 4.09. The van der Waals surface area contributed by atoms with E-state index in [1.807, 2.05) is 58.9 Å². The Balaban J connectivity index is 2.34. The molecule has 2 rings (SSSR count). The summed E-state index contributed by atoms with van der Waals surface area (Å²) in [7, 11) is -3.64. The van der Waals surface area contributed by atoms with Crippen LogP contribution in [0.25, 0.3) is 0 Å². The number of ether oxygens (including phenoxy) is 1. The molecule has 0 unspecified atom stereocenters. The van der Waals surface area contributed by atoms with Gasteiger partial charge >= 0.3 is 10.1 Å². The molecule has 1 aromatic heterocycles. The smallest absolute Gasteiger partial charge is 0.307 e. The molecule has 2 aromatic rings. The number of hydrogen-bond donors (Lipinski definition) is 0. The van der Waals surface area contributed by atoms with Crippen LogP contribution in [0.2, 0.25) is 0 Å². The molecule has 0 atom stereocenters. The van der Waals surface area contributed by atoms with Crippen molar-refractivity contribution in [2.24, 2.45) is 0 Å². The molecule has 0 radical (unpaired) electrons. The maximum Gasteiger partial charge on any atom is 0.307 e. The molecule has 0 saturated heterocycles. The van der Waals surface area contributed by atoms with Crippen LogP contribution in [0.15, 0.2) is 24.3 Å². The fourth-order valence-electron chi connectivity index (χ4n) is 2.61. The molecule has 0 fully saturated rings. The van der Waals surface area contributed by atoms with E-state index in [9.17, 15) is 8.42 Å². The average Bonchev–Trinajstić information content (AvgIpc) is 2.76. The van der Waals surface area contributed by atoms with E-state index >= 15 is 0 Å². The second-order valence-electron chi connectivity index (χ2n) is 6.68. The summed E-state index contributed by atoms with van der Waals surface area (Å²) in [5.74, 6) is 0.956. The first-order valence-corrected chi connectivity index (χ1v) is 10.1. The van der Waals surface area contributed by atoms with Gasteiger partial charge < -0.3 is 8.92 Å². The summed E-state index contributed by atoms with van der Waals surface area (Å²) in [5, 5.41) is 4.34. The van der Waals surface area contributed by atoms with Gasteiger partial charge in [-0.3, -0.25) is 4.68 Å². The maximum atomic E-state index is 11.6. The fourth-order valence-corrected chi connectivity index (χ4v) is 3.03. The second-order valence-corrected chi connectivity index (χ2v) is 8.26. The maximum absolute atomic E-state index is 11.6. The molecule has 0 aliphatic carbocycles. The minimum Gasteiger partial charge on any atom is -0.491 e. The Morgan fingerprint density at radius 3 is 2.20 bits per heavy atom. The Morgan fingerprint density at radius 2 is 1.72 bits per heavy atom. The molecule has 0 aliphatic heterocycles. The van der Waals surface area contributed by atoms with Crippen molar-refractivity contribution in [3.05, 3.63) is 41.1 Å². The lowest BCUT2D eigenvalue weighted by Crippen LogP contribution is -2.08. The van der Waals surface area contributed by atoms with Crippen molar-refractivity contribution in [2.75, 3.05) is 6.26 Å². The van der Waals surface area contributed by atoms with E-state index in [-0.39, 0.29) is 18.0 Å². The Bertz CT molecular complexity index is 822. The number of hydrogen-bond acceptors (Lipinski definition) is 5. The van der Waals surface area contributed by atoms with Crippen molar-refractivity contribution in [3.63, 3.8) is 0 Å². The Hall–Kier alpha value is -2.02. The number of benzene rings is 1. The summed E-state index contributed by atoms with van der Waals surface area (Å²) >= 11 is 0. The zero-order valence-corrected chi connectivity index (χ0v) is 16.4. The van der Waals surface area contributed by atoms with Gasteiger partial charge in [0.05, 0.1) is 12.4 Å². The van der Waals surface area contributed by atoms with Gasteiger partial charge in [0.1, 0.15) is 5.75 Å². The van der Waals surface area contributed by atoms with Gasteiger partial charge in [0, 0.05) is 23.7 Å². The zero-order chi connectivity index (χ0) is 18.8. The van der Waals surface area contributed by atoms with Crippen LogP contribution in [0.5, 0.6) is 11.6 Å². The lowest BCUT2D eigenvalue weighted by atomic mass is 10.1. The SMILES string of the molecule is Cc1c(Cc2ccc(OC(C)C)cc2)c(OS(C)(=O)=O)nn1C(C)C. The minimum absolute atomic E-state index is 0.109. The first-order chi connectivity index (χ1) is 11.6. The van der Waals surface area contributed by atoms with Crippen molar-refractivity contribution < 1.29 is 17.3 Å². The van der Waals surface area contributed by atoms with Crippen LogP contribution in [0.3, 0.4) is 0 Å². The number of nitrogens with zero attached hydrogens (tertiary/aromatic N) is 2. The van der Waals surface area contributed by atoms with Crippen LogP contribution in [0, 0.1) is 6.92 Å². The molecule has 0 saturated carbocycles. The lowest BCUT2D eigenvalue weighted by molar-refractivity contribution is 0.242. The van der Waals surface area contributed by atoms with E-state index < -0.39 is 10.1 Å². The normalized spacial score (nSPS) is 12.0. The van der Waals surface area contributed by atoms with Crippen LogP contribution >= 0.6 is 0 Å².